The van der Waals surface area contributed by atoms with E-state index >= 15 is 0 Å². The highest BCUT2D eigenvalue weighted by atomic mass is 16.6. The quantitative estimate of drug-likeness (QED) is 0.527. The molecule has 1 aromatic carbocycles. The molecule has 0 aliphatic heterocycles. The first-order chi connectivity index (χ1) is 9.90. The van der Waals surface area contributed by atoms with E-state index in [0.29, 0.717) is 18.5 Å². The molecule has 116 valence electrons. The van der Waals surface area contributed by atoms with Crippen LogP contribution in [0.1, 0.15) is 25.8 Å². The van der Waals surface area contributed by atoms with E-state index in [1.807, 2.05) is 6.92 Å². The first kappa shape index (κ1) is 16.9. The molecule has 21 heavy (non-hydrogen) atoms. The minimum atomic E-state index is -0.473. The van der Waals surface area contributed by atoms with Gasteiger partial charge in [0.05, 0.1) is 17.6 Å². The summed E-state index contributed by atoms with van der Waals surface area (Å²) in [7, 11) is 0. The average molecular weight is 295 g/mol. The first-order valence-corrected chi connectivity index (χ1v) is 6.82. The molecule has 0 saturated heterocycles. The fraction of sp³-hybridized carbons (Fsp3) is 0.500. The number of nitrogens with zero attached hydrogens (tertiary/aromatic N) is 1. The zero-order chi connectivity index (χ0) is 15.8. The normalized spacial score (nSPS) is 13.3. The molecule has 0 aliphatic rings. The van der Waals surface area contributed by atoms with E-state index in [0.717, 1.165) is 0 Å². The average Bonchev–Trinajstić information content (AvgIpc) is 2.42. The van der Waals surface area contributed by atoms with Gasteiger partial charge < -0.3 is 15.7 Å². The Hall–Kier alpha value is -2.15. The van der Waals surface area contributed by atoms with E-state index in [1.54, 1.807) is 25.1 Å². The second-order valence-electron chi connectivity index (χ2n) is 5.14. The Morgan fingerprint density at radius 1 is 1.33 bits per heavy atom. The predicted molar refractivity (Wildman–Crippen MR) is 78.8 cm³/mol. The van der Waals surface area contributed by atoms with Crippen LogP contribution in [0.3, 0.4) is 0 Å². The van der Waals surface area contributed by atoms with Gasteiger partial charge in [0, 0.05) is 18.2 Å². The number of amides is 2. The molecule has 0 aromatic heterocycles. The molecule has 1 aromatic rings. The molecule has 2 unspecified atom stereocenters. The minimum absolute atomic E-state index is 0.0136. The summed E-state index contributed by atoms with van der Waals surface area (Å²) in [6.07, 6.45) is 0.196. The van der Waals surface area contributed by atoms with E-state index in [-0.39, 0.29) is 24.2 Å². The number of benzene rings is 1. The summed E-state index contributed by atoms with van der Waals surface area (Å²) in [6, 6.07) is 5.89. The van der Waals surface area contributed by atoms with Gasteiger partial charge in [-0.05, 0) is 19.3 Å². The van der Waals surface area contributed by atoms with Gasteiger partial charge in [0.25, 0.3) is 5.69 Å². The minimum Gasteiger partial charge on any atom is -0.393 e. The molecule has 1 rings (SSSR count). The maximum absolute atomic E-state index is 11.6. The van der Waals surface area contributed by atoms with Gasteiger partial charge >= 0.3 is 6.03 Å². The van der Waals surface area contributed by atoms with E-state index in [1.165, 1.54) is 6.07 Å². The van der Waals surface area contributed by atoms with Crippen molar-refractivity contribution < 1.29 is 14.8 Å². The van der Waals surface area contributed by atoms with Gasteiger partial charge in [-0.2, -0.15) is 0 Å². The van der Waals surface area contributed by atoms with Crippen molar-refractivity contribution in [1.82, 2.24) is 10.6 Å². The van der Waals surface area contributed by atoms with E-state index < -0.39 is 11.0 Å². The van der Waals surface area contributed by atoms with Crippen molar-refractivity contribution >= 4 is 11.7 Å². The number of nitrogens with one attached hydrogen (secondary N) is 2. The van der Waals surface area contributed by atoms with Crippen molar-refractivity contribution in [3.8, 4) is 0 Å². The largest absolute Gasteiger partial charge is 0.393 e. The van der Waals surface area contributed by atoms with Crippen LogP contribution < -0.4 is 10.6 Å². The molecule has 7 nitrogen and oxygen atoms in total. The van der Waals surface area contributed by atoms with Gasteiger partial charge in [0.2, 0.25) is 0 Å². The number of aliphatic hydroxyl groups is 1. The number of nitro benzene ring substituents is 1. The number of rotatable bonds is 7. The van der Waals surface area contributed by atoms with Crippen LogP contribution in [0.15, 0.2) is 24.3 Å². The molecule has 0 spiro atoms. The smallest absolute Gasteiger partial charge is 0.315 e. The van der Waals surface area contributed by atoms with E-state index in [9.17, 15) is 20.0 Å². The summed E-state index contributed by atoms with van der Waals surface area (Å²) in [6.45, 7) is 4.15. The molecule has 3 N–H and O–H groups in total. The highest BCUT2D eigenvalue weighted by molar-refractivity contribution is 5.73. The molecular formula is C14H21N3O4. The number of hydrogen-bond donors (Lipinski definition) is 3. The van der Waals surface area contributed by atoms with Gasteiger partial charge in [-0.25, -0.2) is 4.79 Å². The summed E-state index contributed by atoms with van der Waals surface area (Å²) in [5.74, 6) is 0.154. The summed E-state index contributed by atoms with van der Waals surface area (Å²) in [5.41, 5.74) is 0.440. The van der Waals surface area contributed by atoms with Crippen molar-refractivity contribution in [1.29, 1.82) is 0 Å². The highest BCUT2D eigenvalue weighted by Crippen LogP contribution is 2.16. The maximum Gasteiger partial charge on any atom is 0.315 e. The van der Waals surface area contributed by atoms with Crippen LogP contribution in [0.25, 0.3) is 0 Å². The molecule has 0 bridgehead atoms. The zero-order valence-electron chi connectivity index (χ0n) is 12.2. The second-order valence-corrected chi connectivity index (χ2v) is 5.14. The van der Waals surface area contributed by atoms with Crippen molar-refractivity contribution in [3.63, 3.8) is 0 Å². The van der Waals surface area contributed by atoms with Crippen molar-refractivity contribution in [2.45, 2.75) is 32.9 Å². The summed E-state index contributed by atoms with van der Waals surface area (Å²) >= 11 is 0. The topological polar surface area (TPSA) is 104 Å². The van der Waals surface area contributed by atoms with Crippen LogP contribution in [0.2, 0.25) is 0 Å². The Morgan fingerprint density at radius 3 is 2.62 bits per heavy atom. The van der Waals surface area contributed by atoms with Crippen molar-refractivity contribution in [2.75, 3.05) is 6.54 Å². The third-order valence-electron chi connectivity index (χ3n) is 2.98. The zero-order valence-corrected chi connectivity index (χ0v) is 12.2. The lowest BCUT2D eigenvalue weighted by Gasteiger charge is -2.14. The molecule has 0 radical (unpaired) electrons. The number of para-hydroxylation sites is 1. The number of nitro groups is 1. The van der Waals surface area contributed by atoms with Gasteiger partial charge in [0.1, 0.15) is 0 Å². The molecule has 2 amide bonds. The third-order valence-corrected chi connectivity index (χ3v) is 2.98. The molecule has 0 saturated carbocycles. The van der Waals surface area contributed by atoms with Gasteiger partial charge in [-0.15, -0.1) is 0 Å². The lowest BCUT2D eigenvalue weighted by Crippen LogP contribution is -2.38. The number of urea groups is 1. The van der Waals surface area contributed by atoms with Crippen molar-refractivity contribution in [3.05, 3.63) is 39.9 Å². The van der Waals surface area contributed by atoms with Gasteiger partial charge in [-0.1, -0.05) is 25.1 Å². The summed E-state index contributed by atoms with van der Waals surface area (Å²) in [4.78, 5) is 22.0. The molecular weight excluding hydrogens is 274 g/mol. The van der Waals surface area contributed by atoms with Crippen LogP contribution in [0, 0.1) is 16.0 Å². The second kappa shape index (κ2) is 8.21. The fourth-order valence-corrected chi connectivity index (χ4v) is 2.01. The maximum atomic E-state index is 11.6. The molecule has 0 aliphatic carbocycles. The monoisotopic (exact) mass is 295 g/mol. The Morgan fingerprint density at radius 2 is 2.00 bits per heavy atom. The van der Waals surface area contributed by atoms with Crippen LogP contribution in [-0.2, 0) is 6.54 Å². The number of carbonyl (C=O) groups excluding carboxylic acids is 1. The van der Waals surface area contributed by atoms with Crippen LogP contribution >= 0.6 is 0 Å². The summed E-state index contributed by atoms with van der Waals surface area (Å²) in [5, 5.41) is 25.3. The molecule has 7 heteroatoms. The third kappa shape index (κ3) is 6.22. The van der Waals surface area contributed by atoms with Crippen LogP contribution in [0.5, 0.6) is 0 Å². The Balaban J connectivity index is 2.42. The van der Waals surface area contributed by atoms with Crippen molar-refractivity contribution in [2.24, 2.45) is 5.92 Å². The Kier molecular flexibility index (Phi) is 6.61. The SMILES string of the molecule is CC(O)CC(C)CNC(=O)NCc1ccccc1[N+](=O)[O-]. The Bertz CT molecular complexity index is 491. The Labute approximate surface area is 123 Å². The van der Waals surface area contributed by atoms with E-state index in [4.69, 9.17) is 0 Å². The molecule has 0 fully saturated rings. The van der Waals surface area contributed by atoms with E-state index in [2.05, 4.69) is 10.6 Å². The first-order valence-electron chi connectivity index (χ1n) is 6.82. The number of hydrogen-bond acceptors (Lipinski definition) is 4. The number of carbonyl (C=O) groups is 1. The predicted octanol–water partition coefficient (Wildman–Crippen LogP) is 1.80. The van der Waals surface area contributed by atoms with Crippen LogP contribution in [0.4, 0.5) is 10.5 Å². The van der Waals surface area contributed by atoms with Crippen LogP contribution in [-0.4, -0.2) is 28.7 Å². The highest BCUT2D eigenvalue weighted by Gasteiger charge is 2.13. The molecule has 2 atom stereocenters. The fourth-order valence-electron chi connectivity index (χ4n) is 2.01. The molecule has 0 heterocycles. The lowest BCUT2D eigenvalue weighted by molar-refractivity contribution is -0.385. The van der Waals surface area contributed by atoms with Gasteiger partial charge in [-0.3, -0.25) is 10.1 Å². The summed E-state index contributed by atoms with van der Waals surface area (Å²) < 4.78 is 0. The standard InChI is InChI=1S/C14H21N3O4/c1-10(7-11(2)18)8-15-14(19)16-9-12-5-3-4-6-13(12)17(20)21/h3-6,10-11,18H,7-9H2,1-2H3,(H2,15,16,19). The lowest BCUT2D eigenvalue weighted by atomic mass is 10.1. The van der Waals surface area contributed by atoms with Gasteiger partial charge in [0.15, 0.2) is 0 Å². The number of aliphatic hydroxyl groups excluding tert-OH is 1.